The molecule has 1 heterocycles. The molecule has 3 aromatic rings. The van der Waals surface area contributed by atoms with Crippen molar-refractivity contribution < 1.29 is 13.9 Å². The zero-order chi connectivity index (χ0) is 14.8. The Balaban J connectivity index is 2.06. The Morgan fingerprint density at radius 2 is 2.00 bits per heavy atom. The molecule has 3 nitrogen and oxygen atoms in total. The zero-order valence-electron chi connectivity index (χ0n) is 11.4. The van der Waals surface area contributed by atoms with Crippen LogP contribution in [0, 0.1) is 0 Å². The number of halogens is 1. The van der Waals surface area contributed by atoms with Gasteiger partial charge in [0.2, 0.25) is 5.78 Å². The average Bonchev–Trinajstić information content (AvgIpc) is 2.93. The molecule has 0 bridgehead atoms. The fraction of sp³-hybridized carbons (Fsp3) is 0.118. The van der Waals surface area contributed by atoms with Crippen LogP contribution in [0.15, 0.2) is 52.9 Å². The number of ketones is 1. The van der Waals surface area contributed by atoms with Crippen LogP contribution in [0.2, 0.25) is 5.02 Å². The molecule has 0 atom stereocenters. The highest BCUT2D eigenvalue weighted by Crippen LogP contribution is 2.29. The second-order valence-corrected chi connectivity index (χ2v) is 4.93. The van der Waals surface area contributed by atoms with Gasteiger partial charge < -0.3 is 9.15 Å². The third-order valence-electron chi connectivity index (χ3n) is 3.15. The lowest BCUT2D eigenvalue weighted by atomic mass is 10.1. The summed E-state index contributed by atoms with van der Waals surface area (Å²) in [6.45, 7) is 2.37. The standard InChI is InChI=1S/C17H13ClO3/c1-2-20-14-9-4-3-7-12(14)16(19)15-10-11-6-5-8-13(18)17(11)21-15/h3-10H,2H2,1H3. The van der Waals surface area contributed by atoms with E-state index in [1.165, 1.54) is 0 Å². The van der Waals surface area contributed by atoms with E-state index in [-0.39, 0.29) is 11.5 Å². The number of para-hydroxylation sites is 2. The van der Waals surface area contributed by atoms with Gasteiger partial charge in [0.1, 0.15) is 5.75 Å². The highest BCUT2D eigenvalue weighted by atomic mass is 35.5. The fourth-order valence-electron chi connectivity index (χ4n) is 2.21. The van der Waals surface area contributed by atoms with E-state index in [1.807, 2.05) is 25.1 Å². The van der Waals surface area contributed by atoms with Crippen LogP contribution in [-0.4, -0.2) is 12.4 Å². The van der Waals surface area contributed by atoms with Gasteiger partial charge in [-0.2, -0.15) is 0 Å². The molecule has 0 radical (unpaired) electrons. The van der Waals surface area contributed by atoms with Crippen molar-refractivity contribution in [3.63, 3.8) is 0 Å². The molecule has 0 spiro atoms. The summed E-state index contributed by atoms with van der Waals surface area (Å²) in [7, 11) is 0. The molecule has 0 unspecified atom stereocenters. The number of rotatable bonds is 4. The van der Waals surface area contributed by atoms with Crippen LogP contribution in [-0.2, 0) is 0 Å². The second-order valence-electron chi connectivity index (χ2n) is 4.53. The van der Waals surface area contributed by atoms with Crippen LogP contribution < -0.4 is 4.74 Å². The summed E-state index contributed by atoms with van der Waals surface area (Å²) in [5.41, 5.74) is 1.01. The largest absolute Gasteiger partial charge is 0.493 e. The molecule has 4 heteroatoms. The Morgan fingerprint density at radius 3 is 2.76 bits per heavy atom. The van der Waals surface area contributed by atoms with E-state index < -0.39 is 0 Å². The molecule has 21 heavy (non-hydrogen) atoms. The van der Waals surface area contributed by atoms with Crippen LogP contribution in [0.3, 0.4) is 0 Å². The monoisotopic (exact) mass is 300 g/mol. The van der Waals surface area contributed by atoms with E-state index in [0.717, 1.165) is 5.39 Å². The number of hydrogen-bond donors (Lipinski definition) is 0. The molecule has 0 aliphatic carbocycles. The van der Waals surface area contributed by atoms with E-state index >= 15 is 0 Å². The maximum absolute atomic E-state index is 12.6. The van der Waals surface area contributed by atoms with Gasteiger partial charge in [0, 0.05) is 5.39 Å². The van der Waals surface area contributed by atoms with Crippen LogP contribution in [0.4, 0.5) is 0 Å². The summed E-state index contributed by atoms with van der Waals surface area (Å²) in [6, 6.07) is 14.2. The van der Waals surface area contributed by atoms with Crippen molar-refractivity contribution in [1.29, 1.82) is 0 Å². The van der Waals surface area contributed by atoms with Gasteiger partial charge in [-0.25, -0.2) is 0 Å². The summed E-state index contributed by atoms with van der Waals surface area (Å²) in [5.74, 6) is 0.591. The Hall–Kier alpha value is -2.26. The molecule has 0 saturated carbocycles. The number of fused-ring (bicyclic) bond motifs is 1. The Morgan fingerprint density at radius 1 is 1.19 bits per heavy atom. The number of ether oxygens (including phenoxy) is 1. The number of hydrogen-bond acceptors (Lipinski definition) is 3. The molecule has 1 aromatic heterocycles. The van der Waals surface area contributed by atoms with Crippen molar-refractivity contribution in [1.82, 2.24) is 0 Å². The third kappa shape index (κ3) is 2.52. The van der Waals surface area contributed by atoms with Crippen molar-refractivity contribution in [2.24, 2.45) is 0 Å². The minimum Gasteiger partial charge on any atom is -0.493 e. The van der Waals surface area contributed by atoms with Crippen LogP contribution in [0.5, 0.6) is 5.75 Å². The van der Waals surface area contributed by atoms with Gasteiger partial charge in [-0.3, -0.25) is 4.79 Å². The van der Waals surface area contributed by atoms with E-state index in [0.29, 0.717) is 28.5 Å². The Labute approximate surface area is 127 Å². The van der Waals surface area contributed by atoms with E-state index in [2.05, 4.69) is 0 Å². The lowest BCUT2D eigenvalue weighted by Gasteiger charge is -2.07. The molecule has 0 saturated heterocycles. The van der Waals surface area contributed by atoms with E-state index in [4.69, 9.17) is 20.8 Å². The molecule has 0 fully saturated rings. The lowest BCUT2D eigenvalue weighted by molar-refractivity contribution is 0.101. The lowest BCUT2D eigenvalue weighted by Crippen LogP contribution is -2.04. The molecule has 0 amide bonds. The van der Waals surface area contributed by atoms with Gasteiger partial charge in [-0.15, -0.1) is 0 Å². The van der Waals surface area contributed by atoms with Crippen molar-refractivity contribution in [2.75, 3.05) is 6.61 Å². The zero-order valence-corrected chi connectivity index (χ0v) is 12.2. The SMILES string of the molecule is CCOc1ccccc1C(=O)c1cc2cccc(Cl)c2o1. The summed E-state index contributed by atoms with van der Waals surface area (Å²) in [5, 5.41) is 1.30. The van der Waals surface area contributed by atoms with Gasteiger partial charge in [-0.05, 0) is 31.2 Å². The average molecular weight is 301 g/mol. The van der Waals surface area contributed by atoms with Crippen molar-refractivity contribution in [3.8, 4) is 5.75 Å². The molecule has 3 rings (SSSR count). The molecular weight excluding hydrogens is 288 g/mol. The van der Waals surface area contributed by atoms with Gasteiger partial charge in [0.25, 0.3) is 0 Å². The number of carbonyl (C=O) groups is 1. The Kier molecular flexibility index (Phi) is 3.67. The molecular formula is C17H13ClO3. The molecule has 106 valence electrons. The smallest absolute Gasteiger partial charge is 0.231 e. The van der Waals surface area contributed by atoms with Gasteiger partial charge >= 0.3 is 0 Å². The number of benzene rings is 2. The summed E-state index contributed by atoms with van der Waals surface area (Å²) >= 11 is 6.07. The maximum atomic E-state index is 12.6. The normalized spacial score (nSPS) is 10.8. The predicted octanol–water partition coefficient (Wildman–Crippen LogP) is 4.72. The first-order chi connectivity index (χ1) is 10.2. The summed E-state index contributed by atoms with van der Waals surface area (Å²) in [4.78, 5) is 12.6. The van der Waals surface area contributed by atoms with Gasteiger partial charge in [-0.1, -0.05) is 35.9 Å². The summed E-state index contributed by atoms with van der Waals surface area (Å²) in [6.07, 6.45) is 0. The fourth-order valence-corrected chi connectivity index (χ4v) is 2.43. The van der Waals surface area contributed by atoms with E-state index in [9.17, 15) is 4.79 Å². The van der Waals surface area contributed by atoms with Crippen molar-refractivity contribution in [2.45, 2.75) is 6.92 Å². The predicted molar refractivity (Wildman–Crippen MR) is 82.3 cm³/mol. The highest BCUT2D eigenvalue weighted by Gasteiger charge is 2.19. The third-order valence-corrected chi connectivity index (χ3v) is 3.45. The topological polar surface area (TPSA) is 39.4 Å². The molecule has 2 aromatic carbocycles. The first kappa shape index (κ1) is 13.7. The first-order valence-electron chi connectivity index (χ1n) is 6.65. The maximum Gasteiger partial charge on any atom is 0.231 e. The number of furan rings is 1. The Bertz CT molecular complexity index is 805. The first-order valence-corrected chi connectivity index (χ1v) is 7.03. The number of carbonyl (C=O) groups excluding carboxylic acids is 1. The minimum atomic E-state index is -0.216. The minimum absolute atomic E-state index is 0.216. The van der Waals surface area contributed by atoms with Gasteiger partial charge in [0.05, 0.1) is 17.2 Å². The van der Waals surface area contributed by atoms with Crippen molar-refractivity contribution >= 4 is 28.4 Å². The van der Waals surface area contributed by atoms with Crippen LogP contribution in [0.1, 0.15) is 23.0 Å². The molecule has 0 N–H and O–H groups in total. The molecule has 0 aliphatic rings. The molecule has 0 aliphatic heterocycles. The van der Waals surface area contributed by atoms with E-state index in [1.54, 1.807) is 30.3 Å². The quantitative estimate of drug-likeness (QED) is 0.655. The van der Waals surface area contributed by atoms with Crippen molar-refractivity contribution in [3.05, 3.63) is 64.9 Å². The van der Waals surface area contributed by atoms with Gasteiger partial charge in [0.15, 0.2) is 11.3 Å². The highest BCUT2D eigenvalue weighted by molar-refractivity contribution is 6.35. The van der Waals surface area contributed by atoms with Crippen LogP contribution in [0.25, 0.3) is 11.0 Å². The summed E-state index contributed by atoms with van der Waals surface area (Å²) < 4.78 is 11.1. The van der Waals surface area contributed by atoms with Crippen LogP contribution >= 0.6 is 11.6 Å². The second kappa shape index (κ2) is 5.62.